The number of hydrogen-bond acceptors (Lipinski definition) is 5. The summed E-state index contributed by atoms with van der Waals surface area (Å²) >= 11 is 0. The van der Waals surface area contributed by atoms with Crippen molar-refractivity contribution in [1.82, 2.24) is 0 Å². The molecule has 5 nitrogen and oxygen atoms in total. The van der Waals surface area contributed by atoms with E-state index in [-0.39, 0.29) is 0 Å². The Hall–Kier alpha value is -2.82. The Morgan fingerprint density at radius 2 is 1.76 bits per heavy atom. The number of nitrogens with zero attached hydrogens (tertiary/aromatic N) is 2. The van der Waals surface area contributed by atoms with Gasteiger partial charge in [-0.25, -0.2) is 0 Å². The SMILES string of the molecule is CON=C(C)c1cccc(C2=N[C@@H]3CCCC[C@@H]3c3cc(OC)c(OC)cc32)c1. The summed E-state index contributed by atoms with van der Waals surface area (Å²) in [5.74, 6) is 1.97. The Bertz CT molecular complexity index is 965. The number of fused-ring (bicyclic) bond motifs is 3. The van der Waals surface area contributed by atoms with Crippen molar-refractivity contribution in [3.8, 4) is 11.5 Å². The van der Waals surface area contributed by atoms with Gasteiger partial charge in [-0.3, -0.25) is 4.99 Å². The average Bonchev–Trinajstić information content (AvgIpc) is 2.77. The Labute approximate surface area is 172 Å². The first-order valence-corrected chi connectivity index (χ1v) is 10.2. The molecule has 2 aromatic rings. The Morgan fingerprint density at radius 3 is 2.52 bits per heavy atom. The second kappa shape index (κ2) is 8.27. The smallest absolute Gasteiger partial charge is 0.161 e. The molecule has 0 unspecified atom stereocenters. The van der Waals surface area contributed by atoms with E-state index in [4.69, 9.17) is 19.3 Å². The van der Waals surface area contributed by atoms with Crippen LogP contribution in [0.3, 0.4) is 0 Å². The number of hydrogen-bond donors (Lipinski definition) is 0. The van der Waals surface area contributed by atoms with Gasteiger partial charge in [0, 0.05) is 17.0 Å². The number of oxime groups is 1. The zero-order valence-corrected chi connectivity index (χ0v) is 17.6. The van der Waals surface area contributed by atoms with Gasteiger partial charge in [0.05, 0.1) is 31.7 Å². The standard InChI is InChI=1S/C24H28N2O3/c1-15(26-29-4)16-8-7-9-17(12-16)24-20-14-23(28-3)22(27-2)13-19(20)18-10-5-6-11-21(18)25-24/h7-9,12-14,18,21H,5-6,10-11H2,1-4H3/t18-,21-/m1/s1. The van der Waals surface area contributed by atoms with Crippen LogP contribution in [0.25, 0.3) is 0 Å². The summed E-state index contributed by atoms with van der Waals surface area (Å²) in [6, 6.07) is 12.9. The van der Waals surface area contributed by atoms with Gasteiger partial charge in [0.1, 0.15) is 7.11 Å². The quantitative estimate of drug-likeness (QED) is 0.534. The lowest BCUT2D eigenvalue weighted by atomic mass is 9.75. The summed E-state index contributed by atoms with van der Waals surface area (Å²) in [5, 5.41) is 4.08. The molecule has 0 bridgehead atoms. The number of rotatable bonds is 5. The molecule has 152 valence electrons. The number of benzene rings is 2. The van der Waals surface area contributed by atoms with Crippen molar-refractivity contribution in [3.05, 3.63) is 58.7 Å². The van der Waals surface area contributed by atoms with E-state index < -0.39 is 0 Å². The van der Waals surface area contributed by atoms with Gasteiger partial charge in [0.15, 0.2) is 11.5 Å². The summed E-state index contributed by atoms with van der Waals surface area (Å²) in [5.41, 5.74) is 6.45. The first-order chi connectivity index (χ1) is 14.2. The van der Waals surface area contributed by atoms with Crippen LogP contribution in [0.15, 0.2) is 46.5 Å². The van der Waals surface area contributed by atoms with Crippen LogP contribution in [0.5, 0.6) is 11.5 Å². The molecule has 2 aromatic carbocycles. The lowest BCUT2D eigenvalue weighted by Gasteiger charge is -2.35. The third kappa shape index (κ3) is 3.61. The van der Waals surface area contributed by atoms with Crippen molar-refractivity contribution in [1.29, 1.82) is 0 Å². The van der Waals surface area contributed by atoms with E-state index in [9.17, 15) is 0 Å². The molecule has 2 atom stereocenters. The molecule has 1 heterocycles. The molecular formula is C24H28N2O3. The highest BCUT2D eigenvalue weighted by Crippen LogP contribution is 2.44. The zero-order valence-electron chi connectivity index (χ0n) is 17.6. The molecule has 1 aliphatic heterocycles. The molecule has 0 aromatic heterocycles. The minimum absolute atomic E-state index is 0.321. The largest absolute Gasteiger partial charge is 0.493 e. The van der Waals surface area contributed by atoms with Gasteiger partial charge < -0.3 is 14.3 Å². The van der Waals surface area contributed by atoms with E-state index >= 15 is 0 Å². The summed E-state index contributed by atoms with van der Waals surface area (Å²) in [6.07, 6.45) is 4.79. The van der Waals surface area contributed by atoms with Gasteiger partial charge in [-0.15, -0.1) is 0 Å². The minimum atomic E-state index is 0.321. The molecule has 0 spiro atoms. The second-order valence-electron chi connectivity index (χ2n) is 7.67. The molecule has 2 aliphatic rings. The van der Waals surface area contributed by atoms with Gasteiger partial charge in [0.25, 0.3) is 0 Å². The van der Waals surface area contributed by atoms with Crippen LogP contribution in [-0.4, -0.2) is 38.8 Å². The zero-order chi connectivity index (χ0) is 20.4. The molecule has 0 radical (unpaired) electrons. The molecule has 0 saturated heterocycles. The Kier molecular flexibility index (Phi) is 5.56. The van der Waals surface area contributed by atoms with Crippen LogP contribution < -0.4 is 9.47 Å². The van der Waals surface area contributed by atoms with Crippen molar-refractivity contribution in [2.45, 2.75) is 44.6 Å². The lowest BCUT2D eigenvalue weighted by molar-refractivity contribution is 0.213. The highest BCUT2D eigenvalue weighted by Gasteiger charge is 2.34. The topological polar surface area (TPSA) is 52.4 Å². The van der Waals surface area contributed by atoms with E-state index in [0.717, 1.165) is 46.0 Å². The molecule has 1 aliphatic carbocycles. The fraction of sp³-hybridized carbons (Fsp3) is 0.417. The fourth-order valence-corrected chi connectivity index (χ4v) is 4.58. The Balaban J connectivity index is 1.87. The predicted molar refractivity (Wildman–Crippen MR) is 116 cm³/mol. The lowest BCUT2D eigenvalue weighted by Crippen LogP contribution is -2.29. The molecule has 5 heteroatoms. The predicted octanol–water partition coefficient (Wildman–Crippen LogP) is 4.95. The highest BCUT2D eigenvalue weighted by molar-refractivity contribution is 6.16. The van der Waals surface area contributed by atoms with Crippen molar-refractivity contribution in [2.75, 3.05) is 21.3 Å². The van der Waals surface area contributed by atoms with Crippen molar-refractivity contribution in [2.24, 2.45) is 10.1 Å². The molecule has 1 saturated carbocycles. The number of ether oxygens (including phenoxy) is 2. The molecule has 29 heavy (non-hydrogen) atoms. The molecule has 0 amide bonds. The van der Waals surface area contributed by atoms with Crippen LogP contribution >= 0.6 is 0 Å². The summed E-state index contributed by atoms with van der Waals surface area (Å²) in [4.78, 5) is 10.2. The summed E-state index contributed by atoms with van der Waals surface area (Å²) in [7, 11) is 4.94. The van der Waals surface area contributed by atoms with E-state index in [1.165, 1.54) is 24.8 Å². The minimum Gasteiger partial charge on any atom is -0.493 e. The van der Waals surface area contributed by atoms with E-state index in [1.54, 1.807) is 21.3 Å². The third-order valence-corrected chi connectivity index (χ3v) is 6.02. The fourth-order valence-electron chi connectivity index (χ4n) is 4.58. The second-order valence-corrected chi connectivity index (χ2v) is 7.67. The van der Waals surface area contributed by atoms with Crippen LogP contribution in [0.2, 0.25) is 0 Å². The van der Waals surface area contributed by atoms with Crippen LogP contribution in [0, 0.1) is 0 Å². The maximum atomic E-state index is 5.61. The van der Waals surface area contributed by atoms with Crippen molar-refractivity contribution < 1.29 is 14.3 Å². The van der Waals surface area contributed by atoms with Crippen LogP contribution in [0.1, 0.15) is 60.8 Å². The molecule has 0 N–H and O–H groups in total. The third-order valence-electron chi connectivity index (χ3n) is 6.02. The Morgan fingerprint density at radius 1 is 1.00 bits per heavy atom. The normalized spacial score (nSPS) is 21.0. The molecule has 4 rings (SSSR count). The molecular weight excluding hydrogens is 364 g/mol. The van der Waals surface area contributed by atoms with Crippen molar-refractivity contribution >= 4 is 11.4 Å². The number of methoxy groups -OCH3 is 2. The first-order valence-electron chi connectivity index (χ1n) is 10.2. The van der Waals surface area contributed by atoms with Gasteiger partial charge in [0.2, 0.25) is 0 Å². The van der Waals surface area contributed by atoms with Crippen molar-refractivity contribution in [3.63, 3.8) is 0 Å². The highest BCUT2D eigenvalue weighted by atomic mass is 16.6. The van der Waals surface area contributed by atoms with Crippen LogP contribution in [0.4, 0.5) is 0 Å². The van der Waals surface area contributed by atoms with Gasteiger partial charge in [-0.05, 0) is 49.1 Å². The maximum Gasteiger partial charge on any atom is 0.161 e. The maximum absolute atomic E-state index is 5.61. The van der Waals surface area contributed by atoms with E-state index in [1.807, 2.05) is 13.0 Å². The molecule has 1 fully saturated rings. The van der Waals surface area contributed by atoms with Gasteiger partial charge in [-0.1, -0.05) is 36.2 Å². The number of aliphatic imine (C=N–C) groups is 1. The summed E-state index contributed by atoms with van der Waals surface area (Å²) in [6.45, 7) is 1.95. The first kappa shape index (κ1) is 19.5. The van der Waals surface area contributed by atoms with Gasteiger partial charge >= 0.3 is 0 Å². The average molecular weight is 392 g/mol. The monoisotopic (exact) mass is 392 g/mol. The van der Waals surface area contributed by atoms with E-state index in [0.29, 0.717) is 12.0 Å². The van der Waals surface area contributed by atoms with Gasteiger partial charge in [-0.2, -0.15) is 0 Å². The van der Waals surface area contributed by atoms with Crippen LogP contribution in [-0.2, 0) is 4.84 Å². The summed E-state index contributed by atoms with van der Waals surface area (Å²) < 4.78 is 11.2. The van der Waals surface area contributed by atoms with E-state index in [2.05, 4.69) is 35.5 Å².